The van der Waals surface area contributed by atoms with Gasteiger partial charge in [-0.2, -0.15) is 0 Å². The average Bonchev–Trinajstić information content (AvgIpc) is 3.63. The van der Waals surface area contributed by atoms with Crippen LogP contribution in [0.5, 0.6) is 0 Å². The van der Waals surface area contributed by atoms with Crippen LogP contribution in [-0.2, 0) is 6.42 Å². The maximum atomic E-state index is 6.83. The van der Waals surface area contributed by atoms with Gasteiger partial charge in [0.1, 0.15) is 11.2 Å². The summed E-state index contributed by atoms with van der Waals surface area (Å²) in [7, 11) is 0. The Morgan fingerprint density at radius 2 is 1.09 bits per heavy atom. The SMILES string of the molecule is C1=Cc2c(cc(-c3nc(-c4ccccc4)nc(-c4cccc5oc6c(-c7cc8ccccc8c8ccccc78)cccc6c45)n3)c3ccccc23)CC1. The van der Waals surface area contributed by atoms with Crippen molar-refractivity contribution in [1.82, 2.24) is 15.0 Å². The Morgan fingerprint density at radius 1 is 0.453 bits per heavy atom. The standard InChI is InChI=1S/C49H31N3O/c1-2-14-30(15-3-1)47-50-48(52-49(51-47)43-29-32-17-5-7-19-34(32)36-21-9-11-23-38(36)43)41-26-13-27-44-45(41)40-25-12-24-39(46(40)53-44)42-28-31-16-4-6-18-33(31)35-20-8-10-22-37(35)42/h1-4,6-16,18-29H,5,17H2. The predicted molar refractivity (Wildman–Crippen MR) is 219 cm³/mol. The molecule has 0 amide bonds. The lowest BCUT2D eigenvalue weighted by molar-refractivity contribution is 0.670. The van der Waals surface area contributed by atoms with E-state index in [1.54, 1.807) is 0 Å². The molecular weight excluding hydrogens is 647 g/mol. The molecule has 1 aliphatic rings. The smallest absolute Gasteiger partial charge is 0.164 e. The number of rotatable bonds is 4. The molecule has 10 aromatic rings. The Bertz CT molecular complexity index is 3120. The zero-order valence-electron chi connectivity index (χ0n) is 28.8. The Kier molecular flexibility index (Phi) is 6.65. The van der Waals surface area contributed by atoms with Crippen LogP contribution in [0, 0.1) is 0 Å². The second kappa shape index (κ2) is 11.8. The fraction of sp³-hybridized carbons (Fsp3) is 0.0408. The molecule has 0 N–H and O–H groups in total. The lowest BCUT2D eigenvalue weighted by Crippen LogP contribution is -2.03. The first-order chi connectivity index (χ1) is 26.3. The van der Waals surface area contributed by atoms with E-state index >= 15 is 0 Å². The summed E-state index contributed by atoms with van der Waals surface area (Å²) in [5.41, 5.74) is 9.33. The Labute approximate surface area is 305 Å². The summed E-state index contributed by atoms with van der Waals surface area (Å²) in [4.78, 5) is 15.7. The molecule has 0 saturated heterocycles. The zero-order valence-corrected chi connectivity index (χ0v) is 28.8. The van der Waals surface area contributed by atoms with Crippen LogP contribution < -0.4 is 0 Å². The quantitative estimate of drug-likeness (QED) is 0.174. The van der Waals surface area contributed by atoms with Gasteiger partial charge < -0.3 is 4.42 Å². The first-order valence-corrected chi connectivity index (χ1v) is 18.2. The summed E-state index contributed by atoms with van der Waals surface area (Å²) in [6, 6.07) is 53.3. The number of aromatic nitrogens is 3. The van der Waals surface area contributed by atoms with Gasteiger partial charge in [0.25, 0.3) is 0 Å². The highest BCUT2D eigenvalue weighted by atomic mass is 16.3. The van der Waals surface area contributed by atoms with Crippen LogP contribution in [0.15, 0.2) is 162 Å². The van der Waals surface area contributed by atoms with E-state index in [9.17, 15) is 0 Å². The van der Waals surface area contributed by atoms with E-state index in [0.717, 1.165) is 68.0 Å². The molecule has 2 aromatic heterocycles. The van der Waals surface area contributed by atoms with E-state index in [-0.39, 0.29) is 0 Å². The van der Waals surface area contributed by atoms with Gasteiger partial charge >= 0.3 is 0 Å². The summed E-state index contributed by atoms with van der Waals surface area (Å²) >= 11 is 0. The topological polar surface area (TPSA) is 51.8 Å². The maximum absolute atomic E-state index is 6.83. The van der Waals surface area contributed by atoms with Crippen molar-refractivity contribution in [1.29, 1.82) is 0 Å². The summed E-state index contributed by atoms with van der Waals surface area (Å²) < 4.78 is 6.83. The van der Waals surface area contributed by atoms with Crippen molar-refractivity contribution in [3.63, 3.8) is 0 Å². The van der Waals surface area contributed by atoms with Crippen LogP contribution in [0.2, 0.25) is 0 Å². The van der Waals surface area contributed by atoms with Crippen LogP contribution in [-0.4, -0.2) is 15.0 Å². The van der Waals surface area contributed by atoms with Crippen molar-refractivity contribution in [2.24, 2.45) is 0 Å². The van der Waals surface area contributed by atoms with E-state index in [4.69, 9.17) is 19.4 Å². The highest BCUT2D eigenvalue weighted by molar-refractivity contribution is 6.19. The zero-order chi connectivity index (χ0) is 34.9. The number of para-hydroxylation sites is 1. The van der Waals surface area contributed by atoms with Gasteiger partial charge in [0, 0.05) is 33.0 Å². The molecular formula is C49H31N3O. The lowest BCUT2D eigenvalue weighted by Gasteiger charge is -2.17. The molecule has 0 radical (unpaired) electrons. The number of fused-ring (bicyclic) bond motifs is 9. The largest absolute Gasteiger partial charge is 0.455 e. The molecule has 8 aromatic carbocycles. The Balaban J connectivity index is 1.17. The molecule has 0 fully saturated rings. The minimum absolute atomic E-state index is 0.616. The molecule has 0 spiro atoms. The number of hydrogen-bond donors (Lipinski definition) is 0. The minimum Gasteiger partial charge on any atom is -0.455 e. The third-order valence-electron chi connectivity index (χ3n) is 10.8. The molecule has 2 heterocycles. The Morgan fingerprint density at radius 3 is 1.94 bits per heavy atom. The predicted octanol–water partition coefficient (Wildman–Crippen LogP) is 12.9. The number of hydrogen-bond acceptors (Lipinski definition) is 4. The van der Waals surface area contributed by atoms with Crippen molar-refractivity contribution >= 4 is 60.3 Å². The number of aryl methyl sites for hydroxylation is 1. The molecule has 0 saturated carbocycles. The summed E-state index contributed by atoms with van der Waals surface area (Å²) in [6.45, 7) is 0. The van der Waals surface area contributed by atoms with E-state index < -0.39 is 0 Å². The third kappa shape index (κ3) is 4.73. The van der Waals surface area contributed by atoms with Gasteiger partial charge in [-0.15, -0.1) is 0 Å². The molecule has 4 heteroatoms. The number of allylic oxidation sites excluding steroid dienone is 1. The fourth-order valence-corrected chi connectivity index (χ4v) is 8.34. The number of benzene rings is 8. The Hall–Kier alpha value is -6.91. The molecule has 0 aliphatic heterocycles. The number of nitrogens with zero attached hydrogens (tertiary/aromatic N) is 3. The van der Waals surface area contributed by atoms with Crippen molar-refractivity contribution in [2.45, 2.75) is 12.8 Å². The lowest BCUT2D eigenvalue weighted by atomic mass is 9.89. The molecule has 1 aliphatic carbocycles. The molecule has 0 atom stereocenters. The van der Waals surface area contributed by atoms with Crippen molar-refractivity contribution < 1.29 is 4.42 Å². The molecule has 0 unspecified atom stereocenters. The van der Waals surface area contributed by atoms with Gasteiger partial charge in [0.15, 0.2) is 17.5 Å². The van der Waals surface area contributed by atoms with Crippen LogP contribution in [0.4, 0.5) is 0 Å². The third-order valence-corrected chi connectivity index (χ3v) is 10.8. The second-order valence-corrected chi connectivity index (χ2v) is 13.8. The molecule has 248 valence electrons. The van der Waals surface area contributed by atoms with Crippen LogP contribution >= 0.6 is 0 Å². The van der Waals surface area contributed by atoms with Gasteiger partial charge in [0.2, 0.25) is 0 Å². The van der Waals surface area contributed by atoms with E-state index in [1.807, 2.05) is 30.3 Å². The van der Waals surface area contributed by atoms with Crippen LogP contribution in [0.1, 0.15) is 17.5 Å². The van der Waals surface area contributed by atoms with E-state index in [1.165, 1.54) is 38.1 Å². The van der Waals surface area contributed by atoms with Gasteiger partial charge in [-0.1, -0.05) is 146 Å². The number of furan rings is 1. The maximum Gasteiger partial charge on any atom is 0.164 e. The van der Waals surface area contributed by atoms with Gasteiger partial charge in [0.05, 0.1) is 0 Å². The highest BCUT2D eigenvalue weighted by Crippen LogP contribution is 2.44. The molecule has 11 rings (SSSR count). The summed E-state index contributed by atoms with van der Waals surface area (Å²) in [6.07, 6.45) is 6.54. The first kappa shape index (κ1) is 29.8. The van der Waals surface area contributed by atoms with Gasteiger partial charge in [-0.25, -0.2) is 15.0 Å². The first-order valence-electron chi connectivity index (χ1n) is 18.2. The molecule has 0 bridgehead atoms. The molecule has 53 heavy (non-hydrogen) atoms. The van der Waals surface area contributed by atoms with Crippen molar-refractivity contribution in [3.8, 4) is 45.3 Å². The van der Waals surface area contributed by atoms with E-state index in [2.05, 4.69) is 133 Å². The summed E-state index contributed by atoms with van der Waals surface area (Å²) in [5.74, 6) is 1.92. The average molecular weight is 678 g/mol. The van der Waals surface area contributed by atoms with Crippen molar-refractivity contribution in [3.05, 3.63) is 169 Å². The normalized spacial score (nSPS) is 12.7. The van der Waals surface area contributed by atoms with Crippen LogP contribution in [0.3, 0.4) is 0 Å². The monoisotopic (exact) mass is 677 g/mol. The minimum atomic E-state index is 0.616. The molecule has 4 nitrogen and oxygen atoms in total. The fourth-order valence-electron chi connectivity index (χ4n) is 8.34. The van der Waals surface area contributed by atoms with Gasteiger partial charge in [-0.3, -0.25) is 0 Å². The second-order valence-electron chi connectivity index (χ2n) is 13.8. The van der Waals surface area contributed by atoms with Gasteiger partial charge in [-0.05, 0) is 80.0 Å². The van der Waals surface area contributed by atoms with Crippen LogP contribution in [0.25, 0.3) is 106 Å². The van der Waals surface area contributed by atoms with E-state index in [0.29, 0.717) is 17.5 Å². The highest BCUT2D eigenvalue weighted by Gasteiger charge is 2.22. The van der Waals surface area contributed by atoms with Crippen molar-refractivity contribution in [2.75, 3.05) is 0 Å². The summed E-state index contributed by atoms with van der Waals surface area (Å²) in [5, 5.41) is 9.24.